The molecule has 0 saturated heterocycles. The van der Waals surface area contributed by atoms with Crippen molar-refractivity contribution in [3.8, 4) is 0 Å². The van der Waals surface area contributed by atoms with E-state index < -0.39 is 0 Å². The average Bonchev–Trinajstić information content (AvgIpc) is 2.45. The number of quaternary nitrogens is 1. The van der Waals surface area contributed by atoms with Gasteiger partial charge in [0.05, 0.1) is 13.1 Å². The van der Waals surface area contributed by atoms with Crippen molar-refractivity contribution in [3.63, 3.8) is 0 Å². The molecule has 0 radical (unpaired) electrons. The fraction of sp³-hybridized carbons (Fsp3) is 0.438. The zero-order valence-corrected chi connectivity index (χ0v) is 13.3. The molecule has 1 rings (SSSR count). The number of benzene rings is 1. The Hall–Kier alpha value is -1.32. The molecule has 0 aromatic heterocycles. The molecule has 1 atom stereocenters. The summed E-state index contributed by atoms with van der Waals surface area (Å²) in [5.41, 5.74) is 1.26. The first kappa shape index (κ1) is 18.7. The number of halogens is 1. The van der Waals surface area contributed by atoms with Crippen LogP contribution < -0.4 is 12.4 Å². The van der Waals surface area contributed by atoms with Crippen LogP contribution in [-0.2, 0) is 16.1 Å². The maximum atomic E-state index is 11.4. The third-order valence-corrected chi connectivity index (χ3v) is 3.82. The van der Waals surface area contributed by atoms with E-state index in [1.165, 1.54) is 11.6 Å². The van der Waals surface area contributed by atoms with Crippen LogP contribution in [0.4, 0.5) is 0 Å². The summed E-state index contributed by atoms with van der Waals surface area (Å²) in [6.45, 7) is 12.4. The van der Waals surface area contributed by atoms with Gasteiger partial charge in [0.25, 0.3) is 0 Å². The minimum absolute atomic E-state index is 0. The van der Waals surface area contributed by atoms with Crippen LogP contribution in [0.5, 0.6) is 0 Å². The van der Waals surface area contributed by atoms with Crippen LogP contribution in [-0.4, -0.2) is 29.8 Å². The van der Waals surface area contributed by atoms with E-state index in [1.54, 1.807) is 0 Å². The van der Waals surface area contributed by atoms with Crippen LogP contribution >= 0.6 is 0 Å². The fourth-order valence-electron chi connectivity index (χ4n) is 2.37. The number of nitrogens with zero attached hydrogens (tertiary/aromatic N) is 1. The summed E-state index contributed by atoms with van der Waals surface area (Å²) in [5, 5.41) is 0. The molecule has 0 N–H and O–H groups in total. The number of carbonyl (C=O) groups excluding carboxylic acids is 1. The van der Waals surface area contributed by atoms with E-state index in [0.717, 1.165) is 24.1 Å². The van der Waals surface area contributed by atoms with E-state index in [9.17, 15) is 4.79 Å². The van der Waals surface area contributed by atoms with Crippen molar-refractivity contribution in [1.82, 2.24) is 0 Å². The Morgan fingerprint density at radius 1 is 1.30 bits per heavy atom. The fourth-order valence-corrected chi connectivity index (χ4v) is 2.37. The number of esters is 1. The van der Waals surface area contributed by atoms with E-state index in [1.807, 2.05) is 25.1 Å². The predicted molar refractivity (Wildman–Crippen MR) is 77.2 cm³/mol. The molecule has 4 heteroatoms. The second-order valence-corrected chi connectivity index (χ2v) is 4.74. The van der Waals surface area contributed by atoms with Gasteiger partial charge in [-0.15, -0.1) is 0 Å². The van der Waals surface area contributed by atoms with Crippen LogP contribution in [0, 0.1) is 0 Å². The minimum atomic E-state index is -0.357. The summed E-state index contributed by atoms with van der Waals surface area (Å²) in [7, 11) is 0. The molecule has 1 aromatic rings. The lowest BCUT2D eigenvalue weighted by Crippen LogP contribution is -3.00. The van der Waals surface area contributed by atoms with Gasteiger partial charge in [-0.2, -0.15) is 0 Å². The summed E-state index contributed by atoms with van der Waals surface area (Å²) in [6, 6.07) is 10.3. The van der Waals surface area contributed by atoms with E-state index in [2.05, 4.69) is 32.6 Å². The lowest BCUT2D eigenvalue weighted by molar-refractivity contribution is -0.976. The van der Waals surface area contributed by atoms with Crippen LogP contribution in [0.15, 0.2) is 43.0 Å². The molecule has 20 heavy (non-hydrogen) atoms. The Morgan fingerprint density at radius 3 is 2.30 bits per heavy atom. The Labute approximate surface area is 128 Å². The van der Waals surface area contributed by atoms with E-state index >= 15 is 0 Å². The quantitative estimate of drug-likeness (QED) is 0.309. The zero-order chi connectivity index (χ0) is 14.3. The highest BCUT2D eigenvalue weighted by molar-refractivity contribution is 5.81. The van der Waals surface area contributed by atoms with E-state index in [0.29, 0.717) is 0 Å². The maximum absolute atomic E-state index is 11.4. The first-order chi connectivity index (χ1) is 9.07. The van der Waals surface area contributed by atoms with Gasteiger partial charge < -0.3 is 17.1 Å². The molecule has 1 unspecified atom stereocenters. The van der Waals surface area contributed by atoms with Crippen molar-refractivity contribution in [2.75, 3.05) is 13.1 Å². The average molecular weight is 298 g/mol. The SMILES string of the molecule is C=CC(=O)OC(C)[N+](CC)(CC)Cc1ccccc1.[Cl-]. The third kappa shape index (κ3) is 4.66. The minimum Gasteiger partial charge on any atom is -1.00 e. The summed E-state index contributed by atoms with van der Waals surface area (Å²) in [5.74, 6) is -0.357. The second kappa shape index (κ2) is 8.77. The standard InChI is InChI=1S/C16H24NO2.ClH/c1-5-16(18)19-14(4)17(6-2,7-3)13-15-11-9-8-10-12-15;/h5,8-12,14H,1,6-7,13H2,2-4H3;1H/q+1;/p-1. The monoisotopic (exact) mass is 297 g/mol. The highest BCUT2D eigenvalue weighted by Crippen LogP contribution is 2.20. The molecule has 0 fully saturated rings. The summed E-state index contributed by atoms with van der Waals surface area (Å²) in [6.07, 6.45) is 1.04. The lowest BCUT2D eigenvalue weighted by Gasteiger charge is -2.41. The van der Waals surface area contributed by atoms with E-state index in [-0.39, 0.29) is 24.6 Å². The van der Waals surface area contributed by atoms with Gasteiger partial charge in [0.15, 0.2) is 0 Å². The summed E-state index contributed by atoms with van der Waals surface area (Å²) in [4.78, 5) is 11.4. The Bertz CT molecular complexity index is 416. The van der Waals surface area contributed by atoms with Gasteiger partial charge in [-0.3, -0.25) is 4.48 Å². The topological polar surface area (TPSA) is 26.3 Å². The molecule has 0 amide bonds. The first-order valence-electron chi connectivity index (χ1n) is 6.80. The van der Waals surface area contributed by atoms with Crippen molar-refractivity contribution in [2.24, 2.45) is 0 Å². The van der Waals surface area contributed by atoms with Crippen molar-refractivity contribution in [1.29, 1.82) is 0 Å². The van der Waals surface area contributed by atoms with Gasteiger partial charge in [0.2, 0.25) is 6.23 Å². The maximum Gasteiger partial charge on any atom is 0.334 e. The lowest BCUT2D eigenvalue weighted by atomic mass is 10.1. The Kier molecular flexibility index (Phi) is 8.19. The predicted octanol–water partition coefficient (Wildman–Crippen LogP) is 0.122. The third-order valence-electron chi connectivity index (χ3n) is 3.82. The molecule has 112 valence electrons. The highest BCUT2D eigenvalue weighted by atomic mass is 35.5. The van der Waals surface area contributed by atoms with Gasteiger partial charge in [-0.1, -0.05) is 36.9 Å². The van der Waals surface area contributed by atoms with Crippen molar-refractivity contribution >= 4 is 5.97 Å². The van der Waals surface area contributed by atoms with Crippen LogP contribution in [0.25, 0.3) is 0 Å². The van der Waals surface area contributed by atoms with Crippen molar-refractivity contribution in [3.05, 3.63) is 48.6 Å². The normalized spacial score (nSPS) is 12.2. The molecule has 0 heterocycles. The van der Waals surface area contributed by atoms with Crippen molar-refractivity contribution in [2.45, 2.75) is 33.5 Å². The molecule has 3 nitrogen and oxygen atoms in total. The first-order valence-corrected chi connectivity index (χ1v) is 6.80. The number of hydrogen-bond donors (Lipinski definition) is 0. The molecule has 0 aliphatic carbocycles. The molecule has 0 aliphatic rings. The molecule has 0 bridgehead atoms. The van der Waals surface area contributed by atoms with Gasteiger partial charge in [-0.05, 0) is 13.8 Å². The van der Waals surface area contributed by atoms with Crippen LogP contribution in [0.3, 0.4) is 0 Å². The smallest absolute Gasteiger partial charge is 0.334 e. The van der Waals surface area contributed by atoms with Gasteiger partial charge in [0, 0.05) is 18.6 Å². The molecular formula is C16H24ClNO2. The van der Waals surface area contributed by atoms with E-state index in [4.69, 9.17) is 4.74 Å². The molecule has 1 aromatic carbocycles. The number of ether oxygens (including phenoxy) is 1. The summed E-state index contributed by atoms with van der Waals surface area (Å²) >= 11 is 0. The van der Waals surface area contributed by atoms with Crippen molar-refractivity contribution < 1.29 is 26.4 Å². The second-order valence-electron chi connectivity index (χ2n) is 4.74. The number of hydrogen-bond acceptors (Lipinski definition) is 2. The van der Waals surface area contributed by atoms with Gasteiger partial charge in [-0.25, -0.2) is 4.79 Å². The number of rotatable bonds is 7. The zero-order valence-electron chi connectivity index (χ0n) is 12.5. The molecular weight excluding hydrogens is 274 g/mol. The Morgan fingerprint density at radius 2 is 1.85 bits per heavy atom. The van der Waals surface area contributed by atoms with Crippen LogP contribution in [0.2, 0.25) is 0 Å². The largest absolute Gasteiger partial charge is 1.00 e. The van der Waals surface area contributed by atoms with Gasteiger partial charge >= 0.3 is 5.97 Å². The van der Waals surface area contributed by atoms with Crippen LogP contribution in [0.1, 0.15) is 26.3 Å². The molecule has 0 saturated carbocycles. The number of carbonyl (C=O) groups is 1. The summed E-state index contributed by atoms with van der Waals surface area (Å²) < 4.78 is 6.16. The Balaban J connectivity index is 0.00000361. The molecule has 0 spiro atoms. The van der Waals surface area contributed by atoms with Gasteiger partial charge in [0.1, 0.15) is 6.54 Å². The highest BCUT2D eigenvalue weighted by Gasteiger charge is 2.33. The molecule has 0 aliphatic heterocycles.